The minimum Gasteiger partial charge on any atom is -0.356 e. The predicted molar refractivity (Wildman–Crippen MR) is 61.7 cm³/mol. The lowest BCUT2D eigenvalue weighted by Crippen LogP contribution is -2.23. The van der Waals surface area contributed by atoms with Crippen molar-refractivity contribution >= 4 is 5.95 Å². The molecule has 1 atom stereocenters. The number of imidazole rings is 1. The first-order chi connectivity index (χ1) is 8.95. The van der Waals surface area contributed by atoms with Gasteiger partial charge in [0.15, 0.2) is 5.69 Å². The van der Waals surface area contributed by atoms with Crippen molar-refractivity contribution in [2.24, 2.45) is 7.05 Å². The van der Waals surface area contributed by atoms with E-state index in [1.165, 1.54) is 4.57 Å². The number of aryl methyl sites for hydroxylation is 1. The summed E-state index contributed by atoms with van der Waals surface area (Å²) in [6.45, 7) is 0.591. The van der Waals surface area contributed by atoms with Crippen molar-refractivity contribution in [3.05, 3.63) is 29.8 Å². The van der Waals surface area contributed by atoms with E-state index in [0.29, 0.717) is 13.0 Å². The highest BCUT2D eigenvalue weighted by molar-refractivity contribution is 5.35. The Kier molecular flexibility index (Phi) is 2.54. The van der Waals surface area contributed by atoms with E-state index in [-0.39, 0.29) is 12.0 Å². The van der Waals surface area contributed by atoms with Crippen molar-refractivity contribution in [3.63, 3.8) is 0 Å². The first kappa shape index (κ1) is 12.1. The fraction of sp³-hybridized carbons (Fsp3) is 0.455. The molecule has 0 amide bonds. The van der Waals surface area contributed by atoms with Gasteiger partial charge in [0.1, 0.15) is 0 Å². The SMILES string of the molecule is Cn1cc(C2CCNc3nc(C(F)(F)F)cn32)cn1. The van der Waals surface area contributed by atoms with Gasteiger partial charge in [0.05, 0.1) is 12.2 Å². The number of hydrogen-bond acceptors (Lipinski definition) is 3. The van der Waals surface area contributed by atoms with Crippen molar-refractivity contribution < 1.29 is 13.2 Å². The first-order valence-electron chi connectivity index (χ1n) is 5.83. The third-order valence-electron chi connectivity index (χ3n) is 3.17. The van der Waals surface area contributed by atoms with Crippen molar-refractivity contribution in [2.75, 3.05) is 11.9 Å². The number of rotatable bonds is 1. The van der Waals surface area contributed by atoms with Crippen LogP contribution in [0, 0.1) is 0 Å². The van der Waals surface area contributed by atoms with Crippen LogP contribution >= 0.6 is 0 Å². The molecule has 0 saturated heterocycles. The van der Waals surface area contributed by atoms with Crippen LogP contribution in [0.3, 0.4) is 0 Å². The van der Waals surface area contributed by atoms with Crippen molar-refractivity contribution in [2.45, 2.75) is 18.6 Å². The average Bonchev–Trinajstić information content (AvgIpc) is 2.93. The Morgan fingerprint density at radius 2 is 2.16 bits per heavy atom. The fourth-order valence-electron chi connectivity index (χ4n) is 2.30. The highest BCUT2D eigenvalue weighted by Gasteiger charge is 2.36. The predicted octanol–water partition coefficient (Wildman–Crippen LogP) is 2.04. The van der Waals surface area contributed by atoms with Gasteiger partial charge in [0.25, 0.3) is 0 Å². The van der Waals surface area contributed by atoms with E-state index in [4.69, 9.17) is 0 Å². The largest absolute Gasteiger partial charge is 0.434 e. The molecule has 8 heteroatoms. The third-order valence-corrected chi connectivity index (χ3v) is 3.17. The van der Waals surface area contributed by atoms with E-state index in [1.807, 2.05) is 6.20 Å². The third kappa shape index (κ3) is 2.06. The number of hydrogen-bond donors (Lipinski definition) is 1. The van der Waals surface area contributed by atoms with Crippen LogP contribution in [0.1, 0.15) is 23.7 Å². The fourth-order valence-corrected chi connectivity index (χ4v) is 2.30. The zero-order chi connectivity index (χ0) is 13.6. The molecule has 1 N–H and O–H groups in total. The van der Waals surface area contributed by atoms with Gasteiger partial charge in [-0.25, -0.2) is 4.98 Å². The molecule has 102 valence electrons. The van der Waals surface area contributed by atoms with E-state index in [2.05, 4.69) is 15.4 Å². The second-order valence-electron chi connectivity index (χ2n) is 4.53. The van der Waals surface area contributed by atoms with E-state index in [9.17, 15) is 13.2 Å². The number of fused-ring (bicyclic) bond motifs is 1. The Hall–Kier alpha value is -1.99. The molecule has 3 heterocycles. The topological polar surface area (TPSA) is 47.7 Å². The zero-order valence-corrected chi connectivity index (χ0v) is 10.1. The van der Waals surface area contributed by atoms with Crippen molar-refractivity contribution in [1.29, 1.82) is 0 Å². The Balaban J connectivity index is 2.02. The van der Waals surface area contributed by atoms with Gasteiger partial charge in [0, 0.05) is 31.5 Å². The molecule has 1 aliphatic heterocycles. The Bertz CT molecular complexity index is 598. The van der Waals surface area contributed by atoms with Gasteiger partial charge >= 0.3 is 6.18 Å². The number of alkyl halides is 3. The normalized spacial score (nSPS) is 19.1. The summed E-state index contributed by atoms with van der Waals surface area (Å²) in [4.78, 5) is 3.60. The lowest BCUT2D eigenvalue weighted by Gasteiger charge is -2.25. The summed E-state index contributed by atoms with van der Waals surface area (Å²) in [5, 5.41) is 6.95. The van der Waals surface area contributed by atoms with Crippen LogP contribution in [0.4, 0.5) is 19.1 Å². The maximum Gasteiger partial charge on any atom is 0.434 e. The van der Waals surface area contributed by atoms with Crippen molar-refractivity contribution in [1.82, 2.24) is 19.3 Å². The minimum atomic E-state index is -4.43. The molecule has 0 aliphatic carbocycles. The maximum absolute atomic E-state index is 12.7. The zero-order valence-electron chi connectivity index (χ0n) is 10.1. The Morgan fingerprint density at radius 1 is 1.37 bits per heavy atom. The molecule has 2 aromatic heterocycles. The van der Waals surface area contributed by atoms with Crippen LogP contribution in [0.2, 0.25) is 0 Å². The van der Waals surface area contributed by atoms with E-state index in [1.54, 1.807) is 17.9 Å². The highest BCUT2D eigenvalue weighted by atomic mass is 19.4. The van der Waals surface area contributed by atoms with E-state index in [0.717, 1.165) is 11.8 Å². The Labute approximate surface area is 107 Å². The summed E-state index contributed by atoms with van der Waals surface area (Å²) in [7, 11) is 1.78. The molecule has 0 fully saturated rings. The smallest absolute Gasteiger partial charge is 0.356 e. The van der Waals surface area contributed by atoms with Crippen LogP contribution in [0.15, 0.2) is 18.6 Å². The summed E-state index contributed by atoms with van der Waals surface area (Å²) in [6, 6.07) is -0.159. The van der Waals surface area contributed by atoms with Gasteiger partial charge in [0.2, 0.25) is 5.95 Å². The molecule has 0 bridgehead atoms. The molecule has 0 spiro atoms. The number of aromatic nitrogens is 4. The van der Waals surface area contributed by atoms with E-state index < -0.39 is 11.9 Å². The molecule has 0 radical (unpaired) electrons. The monoisotopic (exact) mass is 271 g/mol. The molecular weight excluding hydrogens is 259 g/mol. The van der Waals surface area contributed by atoms with Gasteiger partial charge in [-0.05, 0) is 6.42 Å². The van der Waals surface area contributed by atoms with Crippen LogP contribution in [-0.4, -0.2) is 25.9 Å². The molecule has 1 unspecified atom stereocenters. The maximum atomic E-state index is 12.7. The first-order valence-corrected chi connectivity index (χ1v) is 5.83. The molecule has 2 aromatic rings. The number of nitrogens with one attached hydrogen (secondary N) is 1. The van der Waals surface area contributed by atoms with Crippen LogP contribution in [-0.2, 0) is 13.2 Å². The summed E-state index contributed by atoms with van der Waals surface area (Å²) < 4.78 is 41.2. The van der Waals surface area contributed by atoms with Gasteiger partial charge < -0.3 is 9.88 Å². The Morgan fingerprint density at radius 3 is 2.79 bits per heavy atom. The number of anilines is 1. The second-order valence-corrected chi connectivity index (χ2v) is 4.53. The van der Waals surface area contributed by atoms with Gasteiger partial charge in [-0.3, -0.25) is 4.68 Å². The number of nitrogens with zero attached hydrogens (tertiary/aromatic N) is 4. The summed E-state index contributed by atoms with van der Waals surface area (Å²) in [5.74, 6) is 0.257. The van der Waals surface area contributed by atoms with Crippen LogP contribution in [0.25, 0.3) is 0 Å². The molecular formula is C11H12F3N5. The molecule has 19 heavy (non-hydrogen) atoms. The van der Waals surface area contributed by atoms with Crippen molar-refractivity contribution in [3.8, 4) is 0 Å². The second kappa shape index (κ2) is 4.01. The van der Waals surface area contributed by atoms with Gasteiger partial charge in [-0.1, -0.05) is 0 Å². The molecule has 5 nitrogen and oxygen atoms in total. The molecule has 3 rings (SSSR count). The number of halogens is 3. The highest BCUT2D eigenvalue weighted by Crippen LogP contribution is 2.34. The van der Waals surface area contributed by atoms with Gasteiger partial charge in [-0.15, -0.1) is 0 Å². The summed E-state index contributed by atoms with van der Waals surface area (Å²) >= 11 is 0. The van der Waals surface area contributed by atoms with Gasteiger partial charge in [-0.2, -0.15) is 18.3 Å². The standard InChI is InChI=1S/C11H12F3N5/c1-18-5-7(4-16-18)8-2-3-15-10-17-9(6-19(8)10)11(12,13)14/h4-6,8H,2-3H2,1H3,(H,15,17). The molecule has 0 aromatic carbocycles. The van der Waals surface area contributed by atoms with Crippen LogP contribution in [0.5, 0.6) is 0 Å². The lowest BCUT2D eigenvalue weighted by molar-refractivity contribution is -0.140. The minimum absolute atomic E-state index is 0.159. The lowest BCUT2D eigenvalue weighted by atomic mass is 10.1. The quantitative estimate of drug-likeness (QED) is 0.863. The van der Waals surface area contributed by atoms with Crippen LogP contribution < -0.4 is 5.32 Å². The average molecular weight is 271 g/mol. The summed E-state index contributed by atoms with van der Waals surface area (Å²) in [6.07, 6.45) is 0.817. The summed E-state index contributed by atoms with van der Waals surface area (Å²) in [5.41, 5.74) is 0.0159. The van der Waals surface area contributed by atoms with E-state index >= 15 is 0 Å². The molecule has 1 aliphatic rings. The molecule has 0 saturated carbocycles.